The molecule has 0 fully saturated rings. The molecule has 5 N–H and O–H groups in total. The number of nitrogens with two attached hydrogens (primary N) is 1. The number of carbonyl (C=O) groups is 1. The summed E-state index contributed by atoms with van der Waals surface area (Å²) in [6.07, 6.45) is -1.18. The number of aromatic amines is 1. The minimum absolute atomic E-state index is 0.165. The Balaban J connectivity index is 1.88. The Morgan fingerprint density at radius 1 is 1.24 bits per heavy atom. The molecule has 0 unspecified atom stereocenters. The van der Waals surface area contributed by atoms with Crippen LogP contribution in [0.4, 0.5) is 16.4 Å². The molecule has 1 amide bonds. The van der Waals surface area contributed by atoms with Crippen molar-refractivity contribution in [3.63, 3.8) is 0 Å². The van der Waals surface area contributed by atoms with Crippen LogP contribution in [0, 0.1) is 0 Å². The molecule has 106 valence electrons. The maximum atomic E-state index is 10.6. The number of hydrogen-bond donors (Lipinski definition) is 4. The number of nitrogens with zero attached hydrogens (tertiary/aromatic N) is 1. The van der Waals surface area contributed by atoms with Crippen LogP contribution in [0.25, 0.3) is 11.0 Å². The molecule has 0 bridgehead atoms. The standard InChI is InChI=1S/C14H12N4O3/c15-8-2-1-3-9(6-8)21-10-4-5-11-12(7-10)17-13(16-11)18-14(19)20/h1-7H,15H2,(H,19,20)(H2,16,17,18). The van der Waals surface area contributed by atoms with Crippen molar-refractivity contribution in [3.05, 3.63) is 42.5 Å². The lowest BCUT2D eigenvalue weighted by Gasteiger charge is -2.05. The van der Waals surface area contributed by atoms with Crippen LogP contribution >= 0.6 is 0 Å². The average Bonchev–Trinajstić information content (AvgIpc) is 2.79. The van der Waals surface area contributed by atoms with Gasteiger partial charge in [0.2, 0.25) is 5.95 Å². The van der Waals surface area contributed by atoms with Gasteiger partial charge in [-0.15, -0.1) is 0 Å². The van der Waals surface area contributed by atoms with Crippen LogP contribution in [0.2, 0.25) is 0 Å². The van der Waals surface area contributed by atoms with Crippen LogP contribution < -0.4 is 15.8 Å². The highest BCUT2D eigenvalue weighted by atomic mass is 16.5. The van der Waals surface area contributed by atoms with E-state index in [-0.39, 0.29) is 5.95 Å². The van der Waals surface area contributed by atoms with E-state index in [1.165, 1.54) is 0 Å². The molecule has 7 heteroatoms. The summed E-state index contributed by atoms with van der Waals surface area (Å²) in [5.74, 6) is 1.38. The molecule has 0 aliphatic rings. The smallest absolute Gasteiger partial charge is 0.411 e. The van der Waals surface area contributed by atoms with E-state index in [2.05, 4.69) is 15.3 Å². The van der Waals surface area contributed by atoms with Crippen LogP contribution in [-0.2, 0) is 0 Å². The van der Waals surface area contributed by atoms with Gasteiger partial charge in [0.1, 0.15) is 11.5 Å². The van der Waals surface area contributed by atoms with Gasteiger partial charge in [-0.1, -0.05) is 6.07 Å². The molecule has 0 aliphatic carbocycles. The number of benzene rings is 2. The Kier molecular flexibility index (Phi) is 3.07. The maximum Gasteiger partial charge on any atom is 0.411 e. The molecule has 0 saturated heterocycles. The highest BCUT2D eigenvalue weighted by Crippen LogP contribution is 2.26. The van der Waals surface area contributed by atoms with E-state index in [0.29, 0.717) is 28.2 Å². The molecule has 2 aromatic carbocycles. The van der Waals surface area contributed by atoms with Crippen LogP contribution in [0.15, 0.2) is 42.5 Å². The molecule has 0 saturated carbocycles. The van der Waals surface area contributed by atoms with Crippen molar-refractivity contribution in [2.24, 2.45) is 0 Å². The zero-order valence-electron chi connectivity index (χ0n) is 10.8. The number of anilines is 2. The molecule has 0 aliphatic heterocycles. The van der Waals surface area contributed by atoms with Gasteiger partial charge in [-0.05, 0) is 24.3 Å². The Hall–Kier alpha value is -3.22. The first-order chi connectivity index (χ1) is 10.1. The fourth-order valence-electron chi connectivity index (χ4n) is 1.93. The predicted octanol–water partition coefficient (Wildman–Crippen LogP) is 3.03. The second-order valence-electron chi connectivity index (χ2n) is 4.37. The molecular weight excluding hydrogens is 272 g/mol. The molecule has 1 heterocycles. The summed E-state index contributed by atoms with van der Waals surface area (Å²) in [7, 11) is 0. The summed E-state index contributed by atoms with van der Waals surface area (Å²) >= 11 is 0. The number of aromatic nitrogens is 2. The number of imidazole rings is 1. The minimum atomic E-state index is -1.18. The molecule has 7 nitrogen and oxygen atoms in total. The molecule has 3 aromatic rings. The molecule has 0 radical (unpaired) electrons. The van der Waals surface area contributed by atoms with E-state index < -0.39 is 6.09 Å². The molecular formula is C14H12N4O3. The van der Waals surface area contributed by atoms with E-state index in [1.54, 1.807) is 42.5 Å². The third-order valence-electron chi connectivity index (χ3n) is 2.77. The molecule has 0 spiro atoms. The lowest BCUT2D eigenvalue weighted by atomic mass is 10.3. The van der Waals surface area contributed by atoms with Crippen molar-refractivity contribution < 1.29 is 14.6 Å². The van der Waals surface area contributed by atoms with Gasteiger partial charge in [-0.25, -0.2) is 9.78 Å². The Morgan fingerprint density at radius 2 is 2.05 bits per heavy atom. The Morgan fingerprint density at radius 3 is 2.81 bits per heavy atom. The SMILES string of the molecule is Nc1cccc(Oc2ccc3nc(NC(=O)O)[nH]c3c2)c1. The number of hydrogen-bond acceptors (Lipinski definition) is 4. The third kappa shape index (κ3) is 2.86. The number of carboxylic acid groups (broad SMARTS) is 1. The molecule has 21 heavy (non-hydrogen) atoms. The lowest BCUT2D eigenvalue weighted by molar-refractivity contribution is 0.209. The topological polar surface area (TPSA) is 113 Å². The monoisotopic (exact) mass is 284 g/mol. The highest BCUT2D eigenvalue weighted by molar-refractivity contribution is 5.85. The zero-order valence-corrected chi connectivity index (χ0v) is 10.8. The number of amides is 1. The van der Waals surface area contributed by atoms with Gasteiger partial charge >= 0.3 is 6.09 Å². The quantitative estimate of drug-likeness (QED) is 0.552. The lowest BCUT2D eigenvalue weighted by Crippen LogP contribution is -2.08. The van der Waals surface area contributed by atoms with E-state index in [4.69, 9.17) is 15.6 Å². The fraction of sp³-hybridized carbons (Fsp3) is 0. The Labute approximate surface area is 119 Å². The van der Waals surface area contributed by atoms with Crippen LogP contribution in [0.5, 0.6) is 11.5 Å². The number of nitrogens with one attached hydrogen (secondary N) is 2. The van der Waals surface area contributed by atoms with Crippen molar-refractivity contribution >= 4 is 28.8 Å². The number of nitrogen functional groups attached to an aromatic ring is 1. The third-order valence-corrected chi connectivity index (χ3v) is 2.77. The van der Waals surface area contributed by atoms with Crippen molar-refractivity contribution in [2.75, 3.05) is 11.1 Å². The first kappa shape index (κ1) is 12.8. The number of H-pyrrole nitrogens is 1. The van der Waals surface area contributed by atoms with Gasteiger partial charge in [0, 0.05) is 17.8 Å². The normalized spacial score (nSPS) is 10.5. The second-order valence-corrected chi connectivity index (χ2v) is 4.37. The predicted molar refractivity (Wildman–Crippen MR) is 78.7 cm³/mol. The second kappa shape index (κ2) is 5.04. The summed E-state index contributed by atoms with van der Waals surface area (Å²) in [6.45, 7) is 0. The molecule has 3 rings (SSSR count). The minimum Gasteiger partial charge on any atom is -0.465 e. The van der Waals surface area contributed by atoms with E-state index in [1.807, 2.05) is 0 Å². The van der Waals surface area contributed by atoms with E-state index in [9.17, 15) is 4.79 Å². The Bertz CT molecular complexity index is 813. The first-order valence-electron chi connectivity index (χ1n) is 6.13. The van der Waals surface area contributed by atoms with Crippen molar-refractivity contribution in [1.82, 2.24) is 9.97 Å². The molecule has 0 atom stereocenters. The van der Waals surface area contributed by atoms with Crippen LogP contribution in [0.1, 0.15) is 0 Å². The number of rotatable bonds is 3. The van der Waals surface area contributed by atoms with Gasteiger partial charge in [-0.3, -0.25) is 5.32 Å². The molecule has 1 aromatic heterocycles. The number of ether oxygens (including phenoxy) is 1. The van der Waals surface area contributed by atoms with Crippen molar-refractivity contribution in [1.29, 1.82) is 0 Å². The van der Waals surface area contributed by atoms with Crippen LogP contribution in [-0.4, -0.2) is 21.2 Å². The largest absolute Gasteiger partial charge is 0.465 e. The summed E-state index contributed by atoms with van der Waals surface area (Å²) in [5, 5.41) is 10.8. The first-order valence-corrected chi connectivity index (χ1v) is 6.13. The van der Waals surface area contributed by atoms with Crippen LogP contribution in [0.3, 0.4) is 0 Å². The van der Waals surface area contributed by atoms with E-state index >= 15 is 0 Å². The van der Waals surface area contributed by atoms with E-state index in [0.717, 1.165) is 0 Å². The average molecular weight is 284 g/mol. The van der Waals surface area contributed by atoms with Gasteiger partial charge in [0.15, 0.2) is 0 Å². The van der Waals surface area contributed by atoms with Gasteiger partial charge in [0.05, 0.1) is 11.0 Å². The maximum absolute atomic E-state index is 10.6. The summed E-state index contributed by atoms with van der Waals surface area (Å²) in [4.78, 5) is 17.5. The highest BCUT2D eigenvalue weighted by Gasteiger charge is 2.07. The number of fused-ring (bicyclic) bond motifs is 1. The zero-order chi connectivity index (χ0) is 14.8. The van der Waals surface area contributed by atoms with Gasteiger partial charge in [0.25, 0.3) is 0 Å². The fourth-order valence-corrected chi connectivity index (χ4v) is 1.93. The van der Waals surface area contributed by atoms with Crippen molar-refractivity contribution in [3.8, 4) is 11.5 Å². The van der Waals surface area contributed by atoms with Crippen molar-refractivity contribution in [2.45, 2.75) is 0 Å². The van der Waals surface area contributed by atoms with Gasteiger partial charge < -0.3 is 20.6 Å². The van der Waals surface area contributed by atoms with Gasteiger partial charge in [-0.2, -0.15) is 0 Å². The summed E-state index contributed by atoms with van der Waals surface area (Å²) in [5.41, 5.74) is 7.61. The summed E-state index contributed by atoms with van der Waals surface area (Å²) in [6, 6.07) is 12.3. The summed E-state index contributed by atoms with van der Waals surface area (Å²) < 4.78 is 5.69.